The van der Waals surface area contributed by atoms with Crippen molar-refractivity contribution in [3.63, 3.8) is 0 Å². The number of rotatable bonds is 3. The van der Waals surface area contributed by atoms with Gasteiger partial charge in [-0.15, -0.1) is 0 Å². The molecule has 9 heteroatoms. The third-order valence-electron chi connectivity index (χ3n) is 5.60. The molecule has 0 atom stereocenters. The quantitative estimate of drug-likeness (QED) is 0.741. The zero-order valence-electron chi connectivity index (χ0n) is 16.5. The molecule has 2 fully saturated rings. The van der Waals surface area contributed by atoms with Crippen LogP contribution in [0.1, 0.15) is 70.0 Å². The van der Waals surface area contributed by atoms with Crippen LogP contribution in [0.5, 0.6) is 0 Å². The molecular weight excluding hydrogens is 358 g/mol. The molecule has 1 N–H and O–H groups in total. The second-order valence-electron chi connectivity index (χ2n) is 8.88. The largest absolute Gasteiger partial charge is 0.342 e. The molecule has 0 radical (unpaired) electrons. The Morgan fingerprint density at radius 2 is 1.86 bits per heavy atom. The summed E-state index contributed by atoms with van der Waals surface area (Å²) < 4.78 is 7.22. The van der Waals surface area contributed by atoms with Crippen molar-refractivity contribution < 1.29 is 4.52 Å². The van der Waals surface area contributed by atoms with E-state index in [1.165, 1.54) is 0 Å². The minimum Gasteiger partial charge on any atom is -0.342 e. The van der Waals surface area contributed by atoms with Crippen LogP contribution >= 0.6 is 0 Å². The van der Waals surface area contributed by atoms with E-state index >= 15 is 0 Å². The molecule has 28 heavy (non-hydrogen) atoms. The maximum atomic E-state index is 12.5. The number of piperidine rings is 1. The summed E-state index contributed by atoms with van der Waals surface area (Å²) >= 11 is 0. The first kappa shape index (κ1) is 17.4. The zero-order valence-corrected chi connectivity index (χ0v) is 16.5. The predicted molar refractivity (Wildman–Crippen MR) is 104 cm³/mol. The molecule has 0 unspecified atom stereocenters. The maximum absolute atomic E-state index is 12.5. The van der Waals surface area contributed by atoms with Crippen LogP contribution in [0.15, 0.2) is 15.5 Å². The summed E-state index contributed by atoms with van der Waals surface area (Å²) in [5.41, 5.74) is 0.232. The SMILES string of the molecule is CC(C)(C)n1ncc2c(=O)[nH]c(N3CCC(c4noc(C5CC5)n4)CC3)nc21. The molecular formula is C19H25N7O2. The molecule has 5 rings (SSSR count). The van der Waals surface area contributed by atoms with E-state index in [2.05, 4.69) is 25.1 Å². The van der Waals surface area contributed by atoms with E-state index in [4.69, 9.17) is 9.51 Å². The van der Waals surface area contributed by atoms with Crippen LogP contribution in [0.2, 0.25) is 0 Å². The molecule has 1 aliphatic carbocycles. The normalized spacial score (nSPS) is 18.9. The molecule has 0 amide bonds. The Hall–Kier alpha value is -2.71. The van der Waals surface area contributed by atoms with Crippen molar-refractivity contribution in [3.05, 3.63) is 28.3 Å². The van der Waals surface area contributed by atoms with Crippen LogP contribution < -0.4 is 10.5 Å². The molecule has 3 aromatic rings. The van der Waals surface area contributed by atoms with E-state index in [0.29, 0.717) is 28.8 Å². The molecule has 3 aromatic heterocycles. The number of nitrogens with zero attached hydrogens (tertiary/aromatic N) is 6. The Morgan fingerprint density at radius 1 is 1.11 bits per heavy atom. The minimum atomic E-state index is -0.245. The Labute approximate surface area is 162 Å². The number of anilines is 1. The van der Waals surface area contributed by atoms with Crippen molar-refractivity contribution in [2.24, 2.45) is 0 Å². The van der Waals surface area contributed by atoms with Crippen molar-refractivity contribution in [1.82, 2.24) is 29.9 Å². The van der Waals surface area contributed by atoms with Gasteiger partial charge in [0.15, 0.2) is 11.5 Å². The third kappa shape index (κ3) is 2.98. The lowest BCUT2D eigenvalue weighted by Crippen LogP contribution is -2.35. The van der Waals surface area contributed by atoms with Gasteiger partial charge in [0.25, 0.3) is 5.56 Å². The standard InChI is InChI=1S/C19H25N7O2/c1-19(2,3)26-15-13(10-20-26)16(27)23-18(22-15)25-8-6-11(7-9-25)14-21-17(28-24-14)12-4-5-12/h10-12H,4-9H2,1-3H3,(H,22,23,27). The van der Waals surface area contributed by atoms with Crippen molar-refractivity contribution in [2.45, 2.75) is 63.8 Å². The van der Waals surface area contributed by atoms with Crippen LogP contribution in [0.4, 0.5) is 5.95 Å². The van der Waals surface area contributed by atoms with E-state index in [1.54, 1.807) is 6.20 Å². The smallest absolute Gasteiger partial charge is 0.263 e. The fourth-order valence-corrected chi connectivity index (χ4v) is 3.81. The van der Waals surface area contributed by atoms with Gasteiger partial charge in [-0.1, -0.05) is 5.16 Å². The number of hydrogen-bond donors (Lipinski definition) is 1. The van der Waals surface area contributed by atoms with Crippen LogP contribution in [-0.4, -0.2) is 43.0 Å². The molecule has 0 bridgehead atoms. The van der Waals surface area contributed by atoms with E-state index in [-0.39, 0.29) is 11.1 Å². The molecule has 1 saturated heterocycles. The van der Waals surface area contributed by atoms with Crippen molar-refractivity contribution in [1.29, 1.82) is 0 Å². The second-order valence-corrected chi connectivity index (χ2v) is 8.88. The summed E-state index contributed by atoms with van der Waals surface area (Å²) in [6, 6.07) is 0. The number of fused-ring (bicyclic) bond motifs is 1. The molecule has 148 valence electrons. The highest BCUT2D eigenvalue weighted by Crippen LogP contribution is 2.40. The van der Waals surface area contributed by atoms with Crippen LogP contribution in [0.3, 0.4) is 0 Å². The summed E-state index contributed by atoms with van der Waals surface area (Å²) in [4.78, 5) is 26.9. The highest BCUT2D eigenvalue weighted by molar-refractivity contribution is 5.74. The van der Waals surface area contributed by atoms with Gasteiger partial charge < -0.3 is 9.42 Å². The monoisotopic (exact) mass is 383 g/mol. The lowest BCUT2D eigenvalue weighted by molar-refractivity contribution is 0.364. The van der Waals surface area contributed by atoms with E-state index < -0.39 is 0 Å². The molecule has 4 heterocycles. The first-order valence-electron chi connectivity index (χ1n) is 9.97. The van der Waals surface area contributed by atoms with Gasteiger partial charge in [-0.25, -0.2) is 4.68 Å². The second kappa shape index (κ2) is 6.15. The summed E-state index contributed by atoms with van der Waals surface area (Å²) in [5.74, 6) is 3.00. The first-order valence-corrected chi connectivity index (χ1v) is 9.97. The Morgan fingerprint density at radius 3 is 2.54 bits per heavy atom. The van der Waals surface area contributed by atoms with E-state index in [1.807, 2.05) is 25.5 Å². The molecule has 0 aromatic carbocycles. The molecule has 1 saturated carbocycles. The lowest BCUT2D eigenvalue weighted by Gasteiger charge is -2.31. The van der Waals surface area contributed by atoms with Gasteiger partial charge in [0.2, 0.25) is 11.8 Å². The van der Waals surface area contributed by atoms with Gasteiger partial charge in [-0.2, -0.15) is 15.1 Å². The average Bonchev–Trinajstić information content (AvgIpc) is 3.22. The summed E-state index contributed by atoms with van der Waals surface area (Å²) in [6.45, 7) is 7.73. The lowest BCUT2D eigenvalue weighted by atomic mass is 9.96. The number of hydrogen-bond acceptors (Lipinski definition) is 7. The topological polar surface area (TPSA) is 106 Å². The fraction of sp³-hybridized carbons (Fsp3) is 0.632. The Balaban J connectivity index is 1.37. The highest BCUT2D eigenvalue weighted by atomic mass is 16.5. The Bertz CT molecular complexity index is 1060. The Kier molecular flexibility index (Phi) is 3.82. The van der Waals surface area contributed by atoms with Crippen LogP contribution in [-0.2, 0) is 5.54 Å². The van der Waals surface area contributed by atoms with Crippen molar-refractivity contribution in [2.75, 3.05) is 18.0 Å². The van der Waals surface area contributed by atoms with E-state index in [9.17, 15) is 4.79 Å². The molecule has 9 nitrogen and oxygen atoms in total. The first-order chi connectivity index (χ1) is 13.4. The highest BCUT2D eigenvalue weighted by Gasteiger charge is 2.32. The number of nitrogens with one attached hydrogen (secondary N) is 1. The van der Waals surface area contributed by atoms with Gasteiger partial charge in [0.1, 0.15) is 5.39 Å². The van der Waals surface area contributed by atoms with Gasteiger partial charge in [-0.3, -0.25) is 9.78 Å². The van der Waals surface area contributed by atoms with Gasteiger partial charge in [0.05, 0.1) is 11.7 Å². The van der Waals surface area contributed by atoms with Crippen LogP contribution in [0.25, 0.3) is 11.0 Å². The van der Waals surface area contributed by atoms with Crippen LogP contribution in [0, 0.1) is 0 Å². The summed E-state index contributed by atoms with van der Waals surface area (Å²) in [7, 11) is 0. The molecule has 1 aliphatic heterocycles. The number of aromatic nitrogens is 6. The van der Waals surface area contributed by atoms with Gasteiger partial charge in [-0.05, 0) is 46.5 Å². The minimum absolute atomic E-state index is 0.148. The fourth-order valence-electron chi connectivity index (χ4n) is 3.81. The molecule has 0 spiro atoms. The summed E-state index contributed by atoms with van der Waals surface area (Å²) in [6.07, 6.45) is 5.73. The zero-order chi connectivity index (χ0) is 19.5. The third-order valence-corrected chi connectivity index (χ3v) is 5.60. The number of H-pyrrole nitrogens is 1. The van der Waals surface area contributed by atoms with Crippen molar-refractivity contribution in [3.8, 4) is 0 Å². The molecule has 2 aliphatic rings. The average molecular weight is 383 g/mol. The van der Waals surface area contributed by atoms with Gasteiger partial charge >= 0.3 is 0 Å². The maximum Gasteiger partial charge on any atom is 0.263 e. The predicted octanol–water partition coefficient (Wildman–Crippen LogP) is 2.52. The van der Waals surface area contributed by atoms with Crippen molar-refractivity contribution >= 4 is 17.0 Å². The number of aromatic amines is 1. The summed E-state index contributed by atoms with van der Waals surface area (Å²) in [5, 5.41) is 9.09. The van der Waals surface area contributed by atoms with Gasteiger partial charge in [0, 0.05) is 24.9 Å². The van der Waals surface area contributed by atoms with E-state index in [0.717, 1.165) is 50.5 Å².